The van der Waals surface area contributed by atoms with Crippen molar-refractivity contribution in [1.29, 1.82) is 0 Å². The largest absolute Gasteiger partial charge is 0.495 e. The van der Waals surface area contributed by atoms with Crippen molar-refractivity contribution in [2.75, 3.05) is 44.7 Å². The third-order valence-electron chi connectivity index (χ3n) is 5.57. The van der Waals surface area contributed by atoms with Crippen LogP contribution >= 0.6 is 11.3 Å². The van der Waals surface area contributed by atoms with E-state index in [1.165, 1.54) is 4.90 Å². The number of methoxy groups -OCH3 is 1. The second kappa shape index (κ2) is 9.78. The fourth-order valence-electron chi connectivity index (χ4n) is 3.99. The Balaban J connectivity index is 1.35. The zero-order valence-electron chi connectivity index (χ0n) is 17.2. The number of anilines is 1. The number of thiophene rings is 1. The smallest absolute Gasteiger partial charge is 0.275 e. The Bertz CT molecular complexity index is 938. The first kappa shape index (κ1) is 20.4. The number of para-hydroxylation sites is 2. The van der Waals surface area contributed by atoms with Crippen LogP contribution in [-0.2, 0) is 4.79 Å². The molecule has 3 aromatic rings. The van der Waals surface area contributed by atoms with Gasteiger partial charge in [0.2, 0.25) is 0 Å². The number of nitrogens with zero attached hydrogens (tertiary/aromatic N) is 1. The number of carbonyl (C=O) groups excluding carboxylic acids is 1. The van der Waals surface area contributed by atoms with Gasteiger partial charge < -0.3 is 19.9 Å². The predicted molar refractivity (Wildman–Crippen MR) is 122 cm³/mol. The highest BCUT2D eigenvalue weighted by molar-refractivity contribution is 7.10. The Kier molecular flexibility index (Phi) is 6.67. The highest BCUT2D eigenvalue weighted by Crippen LogP contribution is 2.27. The van der Waals surface area contributed by atoms with Gasteiger partial charge in [0.05, 0.1) is 45.0 Å². The number of piperazine rings is 1. The monoisotopic (exact) mass is 422 g/mol. The molecule has 5 nitrogen and oxygen atoms in total. The predicted octanol–water partition coefficient (Wildman–Crippen LogP) is 2.37. The Labute approximate surface area is 181 Å². The van der Waals surface area contributed by atoms with Crippen molar-refractivity contribution in [3.05, 3.63) is 82.6 Å². The van der Waals surface area contributed by atoms with Gasteiger partial charge in [0.25, 0.3) is 5.91 Å². The first-order chi connectivity index (χ1) is 14.7. The second-order valence-corrected chi connectivity index (χ2v) is 8.49. The first-order valence-electron chi connectivity index (χ1n) is 10.3. The van der Waals surface area contributed by atoms with Crippen molar-refractivity contribution in [2.24, 2.45) is 0 Å². The van der Waals surface area contributed by atoms with Gasteiger partial charge >= 0.3 is 0 Å². The molecule has 0 aliphatic carbocycles. The number of amides is 1. The van der Waals surface area contributed by atoms with Crippen LogP contribution in [0, 0.1) is 0 Å². The van der Waals surface area contributed by atoms with E-state index < -0.39 is 0 Å². The van der Waals surface area contributed by atoms with E-state index in [9.17, 15) is 4.79 Å². The Morgan fingerprint density at radius 1 is 1.07 bits per heavy atom. The second-order valence-electron chi connectivity index (χ2n) is 7.51. The molecule has 4 rings (SSSR count). The lowest BCUT2D eigenvalue weighted by molar-refractivity contribution is -0.892. The molecule has 6 heteroatoms. The molecule has 2 heterocycles. The number of ether oxygens (including phenoxy) is 1. The zero-order chi connectivity index (χ0) is 20.8. The minimum Gasteiger partial charge on any atom is -0.495 e. The van der Waals surface area contributed by atoms with Crippen LogP contribution in [0.3, 0.4) is 0 Å². The normalized spacial score (nSPS) is 15.6. The number of carbonyl (C=O) groups is 1. The van der Waals surface area contributed by atoms with E-state index in [-0.39, 0.29) is 11.9 Å². The van der Waals surface area contributed by atoms with Gasteiger partial charge in [0.1, 0.15) is 5.75 Å². The third-order valence-corrected chi connectivity index (χ3v) is 6.51. The molecular formula is C24H28N3O2S+. The topological polar surface area (TPSA) is 46.0 Å². The minimum atomic E-state index is -0.0898. The van der Waals surface area contributed by atoms with Crippen LogP contribution in [0.4, 0.5) is 5.69 Å². The maximum absolute atomic E-state index is 12.9. The van der Waals surface area contributed by atoms with Gasteiger partial charge in [-0.25, -0.2) is 0 Å². The molecule has 0 saturated carbocycles. The summed E-state index contributed by atoms with van der Waals surface area (Å²) in [5, 5.41) is 5.32. The molecule has 1 aromatic heterocycles. The lowest BCUT2D eigenvalue weighted by Gasteiger charge is -2.34. The van der Waals surface area contributed by atoms with Gasteiger partial charge in [-0.05, 0) is 29.1 Å². The highest BCUT2D eigenvalue weighted by atomic mass is 32.1. The zero-order valence-corrected chi connectivity index (χ0v) is 18.0. The van der Waals surface area contributed by atoms with Gasteiger partial charge in [-0.3, -0.25) is 4.79 Å². The van der Waals surface area contributed by atoms with Crippen molar-refractivity contribution < 1.29 is 14.4 Å². The Morgan fingerprint density at radius 2 is 1.80 bits per heavy atom. The number of benzene rings is 2. The number of hydrogen-bond acceptors (Lipinski definition) is 4. The van der Waals surface area contributed by atoms with E-state index in [0.29, 0.717) is 6.54 Å². The summed E-state index contributed by atoms with van der Waals surface area (Å²) in [4.78, 5) is 17.7. The van der Waals surface area contributed by atoms with Gasteiger partial charge in [-0.15, -0.1) is 11.3 Å². The number of quaternary nitrogens is 1. The molecule has 1 amide bonds. The third kappa shape index (κ3) is 4.83. The number of rotatable bonds is 7. The van der Waals surface area contributed by atoms with E-state index in [1.807, 2.05) is 42.5 Å². The molecule has 1 aliphatic rings. The van der Waals surface area contributed by atoms with Crippen molar-refractivity contribution >= 4 is 22.9 Å². The molecule has 1 saturated heterocycles. The molecule has 1 aliphatic heterocycles. The average molecular weight is 423 g/mol. The lowest BCUT2D eigenvalue weighted by Crippen LogP contribution is -3.16. The fourth-order valence-corrected chi connectivity index (χ4v) is 4.79. The van der Waals surface area contributed by atoms with Gasteiger partial charge in [0.15, 0.2) is 6.54 Å². The van der Waals surface area contributed by atoms with E-state index in [2.05, 4.69) is 39.9 Å². The lowest BCUT2D eigenvalue weighted by atomic mass is 10.1. The summed E-state index contributed by atoms with van der Waals surface area (Å²) in [6.07, 6.45) is 0. The van der Waals surface area contributed by atoms with Crippen LogP contribution in [0.25, 0.3) is 0 Å². The SMILES string of the molecule is COc1ccccc1N1CC[NH+](CC(=O)N[C@H](c2ccccc2)c2cccs2)CC1. The molecule has 0 bridgehead atoms. The van der Waals surface area contributed by atoms with Crippen LogP contribution < -0.4 is 19.9 Å². The number of nitrogens with one attached hydrogen (secondary N) is 2. The van der Waals surface area contributed by atoms with E-state index >= 15 is 0 Å². The van der Waals surface area contributed by atoms with E-state index in [1.54, 1.807) is 18.4 Å². The standard InChI is InChI=1S/C24H27N3O2S/c1-29-21-11-6-5-10-20(21)27-15-13-26(14-16-27)18-23(28)25-24(22-12-7-17-30-22)19-8-3-2-4-9-19/h2-12,17,24H,13-16,18H2,1H3,(H,25,28)/p+1/t24-/m1/s1. The Hall–Kier alpha value is -2.83. The van der Waals surface area contributed by atoms with Crippen LogP contribution in [-0.4, -0.2) is 45.7 Å². The molecule has 0 unspecified atom stereocenters. The van der Waals surface area contributed by atoms with Gasteiger partial charge in [-0.1, -0.05) is 48.5 Å². The molecule has 0 spiro atoms. The summed E-state index contributed by atoms with van der Waals surface area (Å²) in [6, 6.07) is 22.3. The summed E-state index contributed by atoms with van der Waals surface area (Å²) >= 11 is 1.68. The summed E-state index contributed by atoms with van der Waals surface area (Å²) in [6.45, 7) is 4.18. The van der Waals surface area contributed by atoms with Gasteiger partial charge in [0, 0.05) is 4.88 Å². The maximum atomic E-state index is 12.9. The summed E-state index contributed by atoms with van der Waals surface area (Å²) in [7, 11) is 1.71. The molecule has 30 heavy (non-hydrogen) atoms. The first-order valence-corrected chi connectivity index (χ1v) is 11.2. The quantitative estimate of drug-likeness (QED) is 0.615. The van der Waals surface area contributed by atoms with E-state index in [0.717, 1.165) is 48.1 Å². The molecule has 0 radical (unpaired) electrons. The van der Waals surface area contributed by atoms with Crippen molar-refractivity contribution in [2.45, 2.75) is 6.04 Å². The summed E-state index contributed by atoms with van der Waals surface area (Å²) in [5.74, 6) is 0.998. The molecule has 2 N–H and O–H groups in total. The fraction of sp³-hybridized carbons (Fsp3) is 0.292. The van der Waals surface area contributed by atoms with E-state index in [4.69, 9.17) is 4.74 Å². The minimum absolute atomic E-state index is 0.0898. The van der Waals surface area contributed by atoms with Gasteiger partial charge in [-0.2, -0.15) is 0 Å². The Morgan fingerprint density at radius 3 is 2.50 bits per heavy atom. The van der Waals surface area contributed by atoms with Crippen LogP contribution in [0.1, 0.15) is 16.5 Å². The average Bonchev–Trinajstić information content (AvgIpc) is 3.33. The summed E-state index contributed by atoms with van der Waals surface area (Å²) < 4.78 is 5.50. The van der Waals surface area contributed by atoms with Crippen molar-refractivity contribution in [1.82, 2.24) is 5.32 Å². The maximum Gasteiger partial charge on any atom is 0.275 e. The molecular weight excluding hydrogens is 394 g/mol. The summed E-state index contributed by atoms with van der Waals surface area (Å²) in [5.41, 5.74) is 2.25. The van der Waals surface area contributed by atoms with Crippen LogP contribution in [0.2, 0.25) is 0 Å². The van der Waals surface area contributed by atoms with Crippen LogP contribution in [0.5, 0.6) is 5.75 Å². The molecule has 2 aromatic carbocycles. The van der Waals surface area contributed by atoms with Crippen molar-refractivity contribution in [3.8, 4) is 5.75 Å². The molecule has 1 atom stereocenters. The highest BCUT2D eigenvalue weighted by Gasteiger charge is 2.25. The number of hydrogen-bond donors (Lipinski definition) is 2. The molecule has 1 fully saturated rings. The van der Waals surface area contributed by atoms with Crippen molar-refractivity contribution in [3.63, 3.8) is 0 Å². The van der Waals surface area contributed by atoms with Crippen LogP contribution in [0.15, 0.2) is 72.1 Å². The molecule has 156 valence electrons.